The summed E-state index contributed by atoms with van der Waals surface area (Å²) in [5.41, 5.74) is 0. The number of likely N-dealkylation sites (N-methyl/N-ethyl adjacent to an activating group) is 1. The number of carbonyl (C=O) groups excluding carboxylic acids is 2. The van der Waals surface area contributed by atoms with Gasteiger partial charge in [-0.2, -0.15) is 0 Å². The molecule has 2 saturated heterocycles. The van der Waals surface area contributed by atoms with E-state index < -0.39 is 0 Å². The van der Waals surface area contributed by atoms with E-state index in [9.17, 15) is 9.59 Å². The third kappa shape index (κ3) is 3.48. The fourth-order valence-corrected chi connectivity index (χ4v) is 3.78. The minimum Gasteiger partial charge on any atom is -0.326 e. The molecule has 1 aromatic rings. The van der Waals surface area contributed by atoms with Crippen molar-refractivity contribution in [2.75, 3.05) is 38.5 Å². The van der Waals surface area contributed by atoms with Crippen molar-refractivity contribution in [3.05, 3.63) is 11.6 Å². The highest BCUT2D eigenvalue weighted by molar-refractivity contribution is 7.13. The molecule has 0 aliphatic carbocycles. The summed E-state index contributed by atoms with van der Waals surface area (Å²) in [5.74, 6) is -0.0182. The average molecular weight is 337 g/mol. The van der Waals surface area contributed by atoms with E-state index in [1.54, 1.807) is 11.1 Å². The van der Waals surface area contributed by atoms with Gasteiger partial charge in [-0.3, -0.25) is 9.69 Å². The molecule has 0 unspecified atom stereocenters. The van der Waals surface area contributed by atoms with E-state index in [1.807, 2.05) is 24.3 Å². The summed E-state index contributed by atoms with van der Waals surface area (Å²) in [6, 6.07) is 0.257. The fourth-order valence-electron chi connectivity index (χ4n) is 3.25. The molecule has 0 radical (unpaired) electrons. The minimum absolute atomic E-state index is 0.0182. The van der Waals surface area contributed by atoms with Crippen molar-refractivity contribution < 1.29 is 9.59 Å². The molecule has 0 saturated carbocycles. The van der Waals surface area contributed by atoms with Crippen molar-refractivity contribution in [3.63, 3.8) is 0 Å². The second kappa shape index (κ2) is 6.84. The lowest BCUT2D eigenvalue weighted by molar-refractivity contribution is -0.121. The molecular weight excluding hydrogens is 314 g/mol. The number of anilines is 1. The Bertz CT molecular complexity index is 556. The summed E-state index contributed by atoms with van der Waals surface area (Å²) in [6.07, 6.45) is 3.53. The number of rotatable bonds is 4. The standard InChI is InChI=1S/C15H23N5O2S/c1-11(13(21)17-14-16-5-10-23-14)19-6-3-12(4-7-19)20-9-8-18(2)15(20)22/h5,10-12H,3-4,6-9H2,1-2H3,(H,16,17,21)/t11-/m1/s1. The number of hydrogen-bond acceptors (Lipinski definition) is 5. The molecule has 1 atom stereocenters. The van der Waals surface area contributed by atoms with Crippen LogP contribution in [0.3, 0.4) is 0 Å². The van der Waals surface area contributed by atoms with Crippen LogP contribution >= 0.6 is 11.3 Å². The number of nitrogens with one attached hydrogen (secondary N) is 1. The quantitative estimate of drug-likeness (QED) is 0.899. The Morgan fingerprint density at radius 1 is 1.35 bits per heavy atom. The molecule has 2 aliphatic heterocycles. The lowest BCUT2D eigenvalue weighted by Crippen LogP contribution is -2.51. The van der Waals surface area contributed by atoms with E-state index in [0.29, 0.717) is 11.2 Å². The number of likely N-dealkylation sites (tertiary alicyclic amines) is 1. The summed E-state index contributed by atoms with van der Waals surface area (Å²) >= 11 is 1.42. The van der Waals surface area contributed by atoms with Gasteiger partial charge in [-0.25, -0.2) is 9.78 Å². The maximum atomic E-state index is 12.3. The first kappa shape index (κ1) is 16.2. The maximum Gasteiger partial charge on any atom is 0.320 e. The van der Waals surface area contributed by atoms with Crippen molar-refractivity contribution >= 4 is 28.4 Å². The van der Waals surface area contributed by atoms with Crippen LogP contribution in [-0.4, -0.2) is 76.9 Å². The third-order valence-electron chi connectivity index (χ3n) is 4.78. The molecule has 2 aliphatic rings. The van der Waals surface area contributed by atoms with Gasteiger partial charge >= 0.3 is 6.03 Å². The first-order chi connectivity index (χ1) is 11.1. The van der Waals surface area contributed by atoms with Crippen LogP contribution in [0.25, 0.3) is 0 Å². The van der Waals surface area contributed by atoms with Crippen molar-refractivity contribution in [1.29, 1.82) is 0 Å². The Morgan fingerprint density at radius 3 is 2.65 bits per heavy atom. The molecule has 3 heterocycles. The van der Waals surface area contributed by atoms with Gasteiger partial charge in [-0.15, -0.1) is 11.3 Å². The predicted molar refractivity (Wildman–Crippen MR) is 89.5 cm³/mol. The molecular formula is C15H23N5O2S. The van der Waals surface area contributed by atoms with Gasteiger partial charge in [0, 0.05) is 50.8 Å². The predicted octanol–water partition coefficient (Wildman–Crippen LogP) is 1.30. The monoisotopic (exact) mass is 337 g/mol. The van der Waals surface area contributed by atoms with Gasteiger partial charge in [-0.1, -0.05) is 0 Å². The highest BCUT2D eigenvalue weighted by Crippen LogP contribution is 2.22. The van der Waals surface area contributed by atoms with Crippen LogP contribution < -0.4 is 5.32 Å². The minimum atomic E-state index is -0.184. The maximum absolute atomic E-state index is 12.3. The van der Waals surface area contributed by atoms with E-state index in [-0.39, 0.29) is 18.0 Å². The second-order valence-corrected chi connectivity index (χ2v) is 7.06. The van der Waals surface area contributed by atoms with Gasteiger partial charge in [0.15, 0.2) is 5.13 Å². The molecule has 2 fully saturated rings. The lowest BCUT2D eigenvalue weighted by atomic mass is 10.0. The molecule has 8 heteroatoms. The van der Waals surface area contributed by atoms with Crippen LogP contribution in [0, 0.1) is 0 Å². The molecule has 0 bridgehead atoms. The van der Waals surface area contributed by atoms with Gasteiger partial charge in [0.2, 0.25) is 5.91 Å². The van der Waals surface area contributed by atoms with Crippen molar-refractivity contribution in [2.24, 2.45) is 0 Å². The molecule has 1 N–H and O–H groups in total. The Hall–Kier alpha value is -1.67. The fraction of sp³-hybridized carbons (Fsp3) is 0.667. The largest absolute Gasteiger partial charge is 0.326 e. The van der Waals surface area contributed by atoms with E-state index >= 15 is 0 Å². The number of nitrogens with zero attached hydrogens (tertiary/aromatic N) is 4. The van der Waals surface area contributed by atoms with Crippen LogP contribution in [0.5, 0.6) is 0 Å². The van der Waals surface area contributed by atoms with Crippen molar-refractivity contribution in [3.8, 4) is 0 Å². The number of amides is 3. The van der Waals surface area contributed by atoms with E-state index in [2.05, 4.69) is 15.2 Å². The van der Waals surface area contributed by atoms with Crippen LogP contribution in [0.4, 0.5) is 9.93 Å². The summed E-state index contributed by atoms with van der Waals surface area (Å²) in [4.78, 5) is 34.4. The van der Waals surface area contributed by atoms with Crippen LogP contribution in [-0.2, 0) is 4.79 Å². The Labute approximate surface area is 140 Å². The van der Waals surface area contributed by atoms with E-state index in [1.165, 1.54) is 11.3 Å². The number of carbonyl (C=O) groups is 2. The molecule has 0 spiro atoms. The Morgan fingerprint density at radius 2 is 2.09 bits per heavy atom. The van der Waals surface area contributed by atoms with E-state index in [4.69, 9.17) is 0 Å². The zero-order chi connectivity index (χ0) is 16.4. The molecule has 126 valence electrons. The SMILES string of the molecule is C[C@H](C(=O)Nc1nccs1)N1CCC(N2CCN(C)C2=O)CC1. The zero-order valence-corrected chi connectivity index (χ0v) is 14.4. The number of piperidine rings is 1. The van der Waals surface area contributed by atoms with Gasteiger partial charge < -0.3 is 15.1 Å². The first-order valence-corrected chi connectivity index (χ1v) is 8.90. The summed E-state index contributed by atoms with van der Waals surface area (Å²) < 4.78 is 0. The van der Waals surface area contributed by atoms with Crippen molar-refractivity contribution in [2.45, 2.75) is 31.8 Å². The summed E-state index contributed by atoms with van der Waals surface area (Å²) in [5, 5.41) is 5.34. The van der Waals surface area contributed by atoms with Crippen LogP contribution in [0.1, 0.15) is 19.8 Å². The second-order valence-electron chi connectivity index (χ2n) is 6.17. The van der Waals surface area contributed by atoms with Crippen LogP contribution in [0.15, 0.2) is 11.6 Å². The van der Waals surface area contributed by atoms with Gasteiger partial charge in [-0.05, 0) is 19.8 Å². The molecule has 23 heavy (non-hydrogen) atoms. The molecule has 3 rings (SSSR count). The molecule has 3 amide bonds. The van der Waals surface area contributed by atoms with Gasteiger partial charge in [0.25, 0.3) is 0 Å². The average Bonchev–Trinajstić information content (AvgIpc) is 3.18. The third-order valence-corrected chi connectivity index (χ3v) is 5.47. The zero-order valence-electron chi connectivity index (χ0n) is 13.6. The number of thiazole rings is 1. The topological polar surface area (TPSA) is 68.8 Å². The number of aromatic nitrogens is 1. The van der Waals surface area contributed by atoms with Crippen molar-refractivity contribution in [1.82, 2.24) is 19.7 Å². The normalized spacial score (nSPS) is 21.7. The lowest BCUT2D eigenvalue weighted by Gasteiger charge is -2.38. The number of urea groups is 1. The van der Waals surface area contributed by atoms with E-state index in [0.717, 1.165) is 39.0 Å². The Kier molecular flexibility index (Phi) is 4.82. The van der Waals surface area contributed by atoms with Gasteiger partial charge in [0.1, 0.15) is 0 Å². The molecule has 7 nitrogen and oxygen atoms in total. The van der Waals surface area contributed by atoms with Crippen LogP contribution in [0.2, 0.25) is 0 Å². The molecule has 1 aromatic heterocycles. The number of hydrogen-bond donors (Lipinski definition) is 1. The highest BCUT2D eigenvalue weighted by atomic mass is 32.1. The smallest absolute Gasteiger partial charge is 0.320 e. The Balaban J connectivity index is 1.50. The first-order valence-electron chi connectivity index (χ1n) is 8.02. The van der Waals surface area contributed by atoms with Gasteiger partial charge in [0.05, 0.1) is 6.04 Å². The summed E-state index contributed by atoms with van der Waals surface area (Å²) in [6.45, 7) is 5.24. The highest BCUT2D eigenvalue weighted by Gasteiger charge is 2.35. The summed E-state index contributed by atoms with van der Waals surface area (Å²) in [7, 11) is 1.85. The molecule has 0 aromatic carbocycles.